The van der Waals surface area contributed by atoms with E-state index in [1.54, 1.807) is 17.0 Å². The Balaban J connectivity index is 2.24. The van der Waals surface area contributed by atoms with Gasteiger partial charge in [0.2, 0.25) is 10.0 Å². The number of urea groups is 1. The molecule has 0 radical (unpaired) electrons. The van der Waals surface area contributed by atoms with E-state index in [9.17, 15) is 13.2 Å². The van der Waals surface area contributed by atoms with Crippen molar-refractivity contribution in [3.8, 4) is 11.1 Å². The summed E-state index contributed by atoms with van der Waals surface area (Å²) in [5.41, 5.74) is 3.98. The molecule has 0 spiro atoms. The van der Waals surface area contributed by atoms with E-state index in [0.29, 0.717) is 24.3 Å². The van der Waals surface area contributed by atoms with Crippen LogP contribution in [0.5, 0.6) is 0 Å². The van der Waals surface area contributed by atoms with E-state index in [0.717, 1.165) is 16.7 Å². The second-order valence-electron chi connectivity index (χ2n) is 5.86. The summed E-state index contributed by atoms with van der Waals surface area (Å²) in [6.45, 7) is 5.01. The first-order valence-corrected chi connectivity index (χ1v) is 9.12. The number of hydrogen-bond donors (Lipinski definition) is 2. The first kappa shape index (κ1) is 16.5. The van der Waals surface area contributed by atoms with Crippen LogP contribution in [0.1, 0.15) is 11.1 Å². The first-order valence-electron chi connectivity index (χ1n) is 7.58. The number of carbonyl (C=O) groups is 1. The van der Waals surface area contributed by atoms with Crippen LogP contribution >= 0.6 is 0 Å². The van der Waals surface area contributed by atoms with Crippen molar-refractivity contribution in [2.24, 2.45) is 5.14 Å². The Morgan fingerprint density at radius 2 is 1.88 bits per heavy atom. The highest BCUT2D eigenvalue weighted by molar-refractivity contribution is 7.89. The topological polar surface area (TPSA) is 92.5 Å². The molecule has 1 aliphatic rings. The van der Waals surface area contributed by atoms with E-state index >= 15 is 0 Å². The maximum atomic E-state index is 12.0. The van der Waals surface area contributed by atoms with Gasteiger partial charge in [-0.2, -0.15) is 0 Å². The summed E-state index contributed by atoms with van der Waals surface area (Å²) < 4.78 is 24.0. The SMILES string of the molecule is Cc1cccc(-c2cc(N3CCNC3=O)ccc2S(N)(=O)=O)c1C. The van der Waals surface area contributed by atoms with Gasteiger partial charge in [-0.25, -0.2) is 18.4 Å². The van der Waals surface area contributed by atoms with Crippen molar-refractivity contribution in [2.45, 2.75) is 18.7 Å². The Bertz CT molecular complexity index is 923. The fourth-order valence-electron chi connectivity index (χ4n) is 2.91. The Morgan fingerprint density at radius 1 is 1.12 bits per heavy atom. The molecule has 2 aromatic rings. The molecule has 1 saturated heterocycles. The van der Waals surface area contributed by atoms with Gasteiger partial charge in [-0.1, -0.05) is 18.2 Å². The zero-order valence-electron chi connectivity index (χ0n) is 13.5. The summed E-state index contributed by atoms with van der Waals surface area (Å²) in [7, 11) is -3.88. The van der Waals surface area contributed by atoms with E-state index in [2.05, 4.69) is 5.32 Å². The second-order valence-corrected chi connectivity index (χ2v) is 7.39. The molecule has 0 aromatic heterocycles. The lowest BCUT2D eigenvalue weighted by molar-refractivity contribution is 0.252. The number of carbonyl (C=O) groups excluding carboxylic acids is 1. The Morgan fingerprint density at radius 3 is 2.50 bits per heavy atom. The van der Waals surface area contributed by atoms with Crippen molar-refractivity contribution in [2.75, 3.05) is 18.0 Å². The number of aryl methyl sites for hydroxylation is 1. The van der Waals surface area contributed by atoms with Crippen LogP contribution < -0.4 is 15.4 Å². The van der Waals surface area contributed by atoms with Gasteiger partial charge >= 0.3 is 6.03 Å². The van der Waals surface area contributed by atoms with Crippen LogP contribution in [-0.2, 0) is 10.0 Å². The van der Waals surface area contributed by atoms with Crippen LogP contribution in [0.4, 0.5) is 10.5 Å². The minimum Gasteiger partial charge on any atom is -0.336 e. The fourth-order valence-corrected chi connectivity index (χ4v) is 3.64. The minimum atomic E-state index is -3.88. The molecule has 24 heavy (non-hydrogen) atoms. The van der Waals surface area contributed by atoms with Gasteiger partial charge < -0.3 is 5.32 Å². The normalized spacial score (nSPS) is 14.8. The third-order valence-electron chi connectivity index (χ3n) is 4.33. The van der Waals surface area contributed by atoms with Crippen molar-refractivity contribution in [1.82, 2.24) is 5.32 Å². The molecule has 3 rings (SSSR count). The lowest BCUT2D eigenvalue weighted by Crippen LogP contribution is -2.27. The number of sulfonamides is 1. The molecule has 7 heteroatoms. The highest BCUT2D eigenvalue weighted by Crippen LogP contribution is 2.34. The van der Waals surface area contributed by atoms with Gasteiger partial charge in [-0.3, -0.25) is 4.90 Å². The van der Waals surface area contributed by atoms with Gasteiger partial charge in [0.1, 0.15) is 0 Å². The van der Waals surface area contributed by atoms with Crippen LogP contribution in [0.25, 0.3) is 11.1 Å². The highest BCUT2D eigenvalue weighted by Gasteiger charge is 2.24. The molecule has 1 aliphatic heterocycles. The maximum absolute atomic E-state index is 12.0. The van der Waals surface area contributed by atoms with E-state index < -0.39 is 10.0 Å². The third kappa shape index (κ3) is 2.88. The summed E-state index contributed by atoms with van der Waals surface area (Å²) in [4.78, 5) is 13.5. The predicted octanol–water partition coefficient (Wildman–Crippen LogP) is 2.15. The minimum absolute atomic E-state index is 0.0551. The number of anilines is 1. The second kappa shape index (κ2) is 5.92. The zero-order chi connectivity index (χ0) is 17.5. The molecular formula is C17H19N3O3S. The molecule has 0 bridgehead atoms. The van der Waals surface area contributed by atoms with Crippen LogP contribution in [0.3, 0.4) is 0 Å². The number of nitrogens with one attached hydrogen (secondary N) is 1. The molecule has 3 N–H and O–H groups in total. The number of nitrogens with zero attached hydrogens (tertiary/aromatic N) is 1. The highest BCUT2D eigenvalue weighted by atomic mass is 32.2. The Hall–Kier alpha value is -2.38. The summed E-state index contributed by atoms with van der Waals surface area (Å²) in [5.74, 6) is 0. The summed E-state index contributed by atoms with van der Waals surface area (Å²) >= 11 is 0. The summed E-state index contributed by atoms with van der Waals surface area (Å²) in [6.07, 6.45) is 0. The fraction of sp³-hybridized carbons (Fsp3) is 0.235. The molecule has 6 nitrogen and oxygen atoms in total. The van der Waals surface area contributed by atoms with Crippen molar-refractivity contribution in [3.05, 3.63) is 47.5 Å². The summed E-state index contributed by atoms with van der Waals surface area (Å²) in [5, 5.41) is 8.13. The van der Waals surface area contributed by atoms with Gasteiger partial charge in [0, 0.05) is 24.3 Å². The van der Waals surface area contributed by atoms with Crippen LogP contribution in [0.15, 0.2) is 41.3 Å². The lowest BCUT2D eigenvalue weighted by Gasteiger charge is -2.18. The summed E-state index contributed by atoms with van der Waals surface area (Å²) in [6, 6.07) is 10.3. The van der Waals surface area contributed by atoms with Crippen molar-refractivity contribution < 1.29 is 13.2 Å². The number of nitrogens with two attached hydrogens (primary N) is 1. The maximum Gasteiger partial charge on any atom is 0.321 e. The molecule has 126 valence electrons. The number of amides is 2. The number of benzene rings is 2. The van der Waals surface area contributed by atoms with E-state index in [1.165, 1.54) is 6.07 Å². The Labute approximate surface area is 141 Å². The van der Waals surface area contributed by atoms with Gasteiger partial charge in [0.25, 0.3) is 0 Å². The van der Waals surface area contributed by atoms with E-state index in [1.807, 2.05) is 32.0 Å². The van der Waals surface area contributed by atoms with Crippen molar-refractivity contribution >= 4 is 21.7 Å². The first-order chi connectivity index (χ1) is 11.3. The van der Waals surface area contributed by atoms with E-state index in [4.69, 9.17) is 5.14 Å². The van der Waals surface area contributed by atoms with E-state index in [-0.39, 0.29) is 10.9 Å². The number of rotatable bonds is 3. The molecule has 0 aliphatic carbocycles. The van der Waals surface area contributed by atoms with Gasteiger partial charge in [0.05, 0.1) is 4.90 Å². The average molecular weight is 345 g/mol. The van der Waals surface area contributed by atoms with Gasteiger partial charge in [-0.05, 0) is 48.7 Å². The molecule has 2 aromatic carbocycles. The lowest BCUT2D eigenvalue weighted by atomic mass is 9.96. The molecule has 0 unspecified atom stereocenters. The molecule has 1 fully saturated rings. The molecule has 0 atom stereocenters. The standard InChI is InChI=1S/C17H19N3O3S/c1-11-4-3-5-14(12(11)2)15-10-13(20-9-8-19-17(20)21)6-7-16(15)24(18,22)23/h3-7,10H,8-9H2,1-2H3,(H,19,21)(H2,18,22,23). The smallest absolute Gasteiger partial charge is 0.321 e. The monoisotopic (exact) mass is 345 g/mol. The van der Waals surface area contributed by atoms with Gasteiger partial charge in [-0.15, -0.1) is 0 Å². The number of hydrogen-bond acceptors (Lipinski definition) is 3. The number of primary sulfonamides is 1. The zero-order valence-corrected chi connectivity index (χ0v) is 14.4. The molecular weight excluding hydrogens is 326 g/mol. The predicted molar refractivity (Wildman–Crippen MR) is 93.5 cm³/mol. The van der Waals surface area contributed by atoms with Gasteiger partial charge in [0.15, 0.2) is 0 Å². The molecule has 1 heterocycles. The molecule has 0 saturated carbocycles. The van der Waals surface area contributed by atoms with Crippen molar-refractivity contribution in [3.63, 3.8) is 0 Å². The van der Waals surface area contributed by atoms with Crippen LogP contribution in [0.2, 0.25) is 0 Å². The quantitative estimate of drug-likeness (QED) is 0.893. The van der Waals surface area contributed by atoms with Crippen molar-refractivity contribution in [1.29, 1.82) is 0 Å². The largest absolute Gasteiger partial charge is 0.336 e. The average Bonchev–Trinajstić information content (AvgIpc) is 2.95. The third-order valence-corrected chi connectivity index (χ3v) is 5.30. The molecule has 2 amide bonds. The van der Waals surface area contributed by atoms with Crippen LogP contribution in [-0.4, -0.2) is 27.5 Å². The Kier molecular flexibility index (Phi) is 4.06. The van der Waals surface area contributed by atoms with Crippen LogP contribution in [0, 0.1) is 13.8 Å².